The smallest absolute Gasteiger partial charge is 0.319 e. The first-order valence-corrected chi connectivity index (χ1v) is 12.4. The number of halogens is 2. The molecule has 2 N–H and O–H groups in total. The molecule has 2 atom stereocenters. The molecule has 1 aliphatic rings. The van der Waals surface area contributed by atoms with Crippen molar-refractivity contribution in [3.63, 3.8) is 0 Å². The Morgan fingerprint density at radius 1 is 1.29 bits per heavy atom. The predicted octanol–water partition coefficient (Wildman–Crippen LogP) is 4.53. The van der Waals surface area contributed by atoms with Gasteiger partial charge in [0.15, 0.2) is 0 Å². The molecule has 0 radical (unpaired) electrons. The number of esters is 1. The first kappa shape index (κ1) is 26.6. The van der Waals surface area contributed by atoms with Gasteiger partial charge in [0.1, 0.15) is 11.7 Å². The molecule has 182 valence electrons. The highest BCUT2D eigenvalue weighted by atomic mass is 79.9. The van der Waals surface area contributed by atoms with Crippen LogP contribution in [0.5, 0.6) is 5.75 Å². The summed E-state index contributed by atoms with van der Waals surface area (Å²) in [6.45, 7) is 1.79. The van der Waals surface area contributed by atoms with Crippen LogP contribution < -0.4 is 15.4 Å². The number of ether oxygens (including phenoxy) is 2. The lowest BCUT2D eigenvalue weighted by Gasteiger charge is -2.31. The number of hydrogen-bond donors (Lipinski definition) is 2. The maximum atomic E-state index is 13.0. The minimum atomic E-state index is -1.28. The fourth-order valence-corrected chi connectivity index (χ4v) is 5.20. The number of carbonyl (C=O) groups is 3. The van der Waals surface area contributed by atoms with E-state index in [1.54, 1.807) is 43.3 Å². The van der Waals surface area contributed by atoms with Gasteiger partial charge in [0.05, 0.1) is 41.1 Å². The van der Waals surface area contributed by atoms with Gasteiger partial charge in [-0.15, -0.1) is 0 Å². The zero-order valence-electron chi connectivity index (χ0n) is 19.0. The number of hydrogen-bond acceptors (Lipinski definition) is 7. The van der Waals surface area contributed by atoms with Crippen LogP contribution >= 0.6 is 39.3 Å². The molecule has 2 aromatic rings. The minimum Gasteiger partial charge on any atom is -0.496 e. The summed E-state index contributed by atoms with van der Waals surface area (Å²) in [5, 5.41) is 16.1. The van der Waals surface area contributed by atoms with Crippen molar-refractivity contribution in [2.75, 3.05) is 25.3 Å². The number of anilines is 1. The van der Waals surface area contributed by atoms with E-state index in [9.17, 15) is 19.6 Å². The van der Waals surface area contributed by atoms with E-state index in [0.717, 1.165) is 17.3 Å². The molecule has 0 aliphatic carbocycles. The van der Waals surface area contributed by atoms with E-state index in [1.807, 2.05) is 0 Å². The highest BCUT2D eigenvalue weighted by molar-refractivity contribution is 9.10. The van der Waals surface area contributed by atoms with Crippen molar-refractivity contribution in [1.82, 2.24) is 5.32 Å². The standard InChI is InChI=1S/C24H21BrClN3O5S/c1-12-16(26)5-4-6-17(12)28-19(30)11-35-23-14(10-27)20(21(22(31)29-23)24(32)34-3)13-7-8-18(33-2)15(25)9-13/h4-9,20-21H,11H2,1-3H3,(H,28,30)(H,29,31)/t20-,21+/m1/s1. The second-order valence-electron chi connectivity index (χ2n) is 7.47. The Morgan fingerprint density at radius 3 is 2.66 bits per heavy atom. The molecule has 1 aliphatic heterocycles. The van der Waals surface area contributed by atoms with Gasteiger partial charge >= 0.3 is 5.97 Å². The van der Waals surface area contributed by atoms with E-state index in [0.29, 0.717) is 26.5 Å². The molecular formula is C24H21BrClN3O5S. The SMILES string of the molecule is COC(=O)[C@@H]1C(=O)NC(SCC(=O)Nc2cccc(Cl)c2C)=C(C#N)[C@H]1c1ccc(OC)c(Br)c1. The van der Waals surface area contributed by atoms with E-state index < -0.39 is 23.7 Å². The molecule has 2 amide bonds. The highest BCUT2D eigenvalue weighted by Crippen LogP contribution is 2.42. The van der Waals surface area contributed by atoms with Gasteiger partial charge in [-0.25, -0.2) is 0 Å². The lowest BCUT2D eigenvalue weighted by Crippen LogP contribution is -2.44. The lowest BCUT2D eigenvalue weighted by atomic mass is 9.78. The summed E-state index contributed by atoms with van der Waals surface area (Å²) >= 11 is 10.5. The van der Waals surface area contributed by atoms with Crippen LogP contribution in [0.15, 0.2) is 51.5 Å². The molecule has 1 heterocycles. The Morgan fingerprint density at radius 2 is 2.03 bits per heavy atom. The summed E-state index contributed by atoms with van der Waals surface area (Å²) in [6, 6.07) is 12.3. The van der Waals surface area contributed by atoms with Gasteiger partial charge in [0, 0.05) is 16.6 Å². The Hall–Kier alpha value is -3.00. The first-order valence-electron chi connectivity index (χ1n) is 10.3. The number of nitrogens with one attached hydrogen (secondary N) is 2. The topological polar surface area (TPSA) is 118 Å². The summed E-state index contributed by atoms with van der Waals surface area (Å²) in [7, 11) is 2.69. The number of rotatable bonds is 7. The van der Waals surface area contributed by atoms with Crippen LogP contribution in [0, 0.1) is 24.2 Å². The Bertz CT molecular complexity index is 1260. The normalized spacial score (nSPS) is 17.3. The van der Waals surface area contributed by atoms with Gasteiger partial charge in [-0.2, -0.15) is 5.26 Å². The summed E-state index contributed by atoms with van der Waals surface area (Å²) in [6.07, 6.45) is 0. The summed E-state index contributed by atoms with van der Waals surface area (Å²) in [5.41, 5.74) is 1.98. The summed E-state index contributed by atoms with van der Waals surface area (Å²) < 4.78 is 10.7. The van der Waals surface area contributed by atoms with Gasteiger partial charge in [-0.3, -0.25) is 14.4 Å². The average molecular weight is 579 g/mol. The van der Waals surface area contributed by atoms with Crippen molar-refractivity contribution in [2.45, 2.75) is 12.8 Å². The molecule has 0 spiro atoms. The molecule has 8 nitrogen and oxygen atoms in total. The minimum absolute atomic E-state index is 0.0886. The lowest BCUT2D eigenvalue weighted by molar-refractivity contribution is -0.150. The van der Waals surface area contributed by atoms with Crippen molar-refractivity contribution in [1.29, 1.82) is 5.26 Å². The quantitative estimate of drug-likeness (QED) is 0.366. The maximum Gasteiger partial charge on any atom is 0.319 e. The zero-order chi connectivity index (χ0) is 25.7. The fraction of sp³-hybridized carbons (Fsp3) is 0.250. The van der Waals surface area contributed by atoms with Gasteiger partial charge in [-0.05, 0) is 58.2 Å². The van der Waals surface area contributed by atoms with Crippen molar-refractivity contribution in [3.8, 4) is 11.8 Å². The van der Waals surface area contributed by atoms with Gasteiger partial charge in [0.25, 0.3) is 0 Å². The third kappa shape index (κ3) is 5.81. The molecule has 3 rings (SSSR count). The zero-order valence-corrected chi connectivity index (χ0v) is 22.1. The fourth-order valence-electron chi connectivity index (χ4n) is 3.62. The number of methoxy groups -OCH3 is 2. The highest BCUT2D eigenvalue weighted by Gasteiger charge is 2.44. The monoisotopic (exact) mass is 577 g/mol. The van der Waals surface area contributed by atoms with Crippen LogP contribution in [0.4, 0.5) is 5.69 Å². The number of nitriles is 1. The van der Waals surface area contributed by atoms with E-state index in [-0.39, 0.29) is 22.3 Å². The van der Waals surface area contributed by atoms with Crippen LogP contribution in [0.3, 0.4) is 0 Å². The number of amides is 2. The molecule has 35 heavy (non-hydrogen) atoms. The number of nitrogens with zero attached hydrogens (tertiary/aromatic N) is 1. The van der Waals surface area contributed by atoms with Crippen molar-refractivity contribution in [2.24, 2.45) is 5.92 Å². The number of thioether (sulfide) groups is 1. The molecule has 0 fully saturated rings. The molecule has 0 bridgehead atoms. The van der Waals surface area contributed by atoms with Crippen LogP contribution in [-0.4, -0.2) is 37.8 Å². The van der Waals surface area contributed by atoms with Crippen molar-refractivity contribution < 1.29 is 23.9 Å². The van der Waals surface area contributed by atoms with Crippen LogP contribution in [0.1, 0.15) is 17.0 Å². The third-order valence-electron chi connectivity index (χ3n) is 5.41. The molecular weight excluding hydrogens is 558 g/mol. The second-order valence-corrected chi connectivity index (χ2v) is 9.71. The Kier molecular flexibility index (Phi) is 8.83. The second kappa shape index (κ2) is 11.6. The molecule has 11 heteroatoms. The van der Waals surface area contributed by atoms with Crippen molar-refractivity contribution >= 4 is 62.8 Å². The largest absolute Gasteiger partial charge is 0.496 e. The predicted molar refractivity (Wildman–Crippen MR) is 137 cm³/mol. The Balaban J connectivity index is 1.93. The molecule has 0 saturated carbocycles. The number of allylic oxidation sites excluding steroid dienone is 1. The number of carbonyl (C=O) groups excluding carboxylic acids is 3. The molecule has 0 saturated heterocycles. The van der Waals surface area contributed by atoms with E-state index in [4.69, 9.17) is 21.1 Å². The van der Waals surface area contributed by atoms with Crippen molar-refractivity contribution in [3.05, 3.63) is 67.6 Å². The molecule has 2 aromatic carbocycles. The maximum absolute atomic E-state index is 13.0. The summed E-state index contributed by atoms with van der Waals surface area (Å²) in [4.78, 5) is 38.1. The number of benzene rings is 2. The average Bonchev–Trinajstić information content (AvgIpc) is 2.84. The van der Waals surface area contributed by atoms with Crippen LogP contribution in [-0.2, 0) is 19.1 Å². The summed E-state index contributed by atoms with van der Waals surface area (Å²) in [5.74, 6) is -3.47. The van der Waals surface area contributed by atoms with E-state index in [2.05, 4.69) is 32.6 Å². The first-order chi connectivity index (χ1) is 16.7. The molecule has 0 unspecified atom stereocenters. The van der Waals surface area contributed by atoms with Crippen LogP contribution in [0.25, 0.3) is 0 Å². The Labute approximate surface area is 220 Å². The van der Waals surface area contributed by atoms with E-state index >= 15 is 0 Å². The van der Waals surface area contributed by atoms with E-state index in [1.165, 1.54) is 14.2 Å². The third-order valence-corrected chi connectivity index (χ3v) is 7.45. The van der Waals surface area contributed by atoms with Gasteiger partial charge in [0.2, 0.25) is 11.8 Å². The van der Waals surface area contributed by atoms with Crippen LogP contribution in [0.2, 0.25) is 5.02 Å². The molecule has 0 aromatic heterocycles. The van der Waals surface area contributed by atoms with Gasteiger partial charge < -0.3 is 20.1 Å². The van der Waals surface area contributed by atoms with Gasteiger partial charge in [-0.1, -0.05) is 35.5 Å².